The molecule has 0 saturated heterocycles. The molecule has 19 heavy (non-hydrogen) atoms. The lowest BCUT2D eigenvalue weighted by Gasteiger charge is -2.14. The highest BCUT2D eigenvalue weighted by atomic mass is 19.1. The smallest absolute Gasteiger partial charge is 0.305 e. The van der Waals surface area contributed by atoms with E-state index in [1.165, 1.54) is 12.1 Å². The minimum Gasteiger partial charge on any atom is -0.466 e. The van der Waals surface area contributed by atoms with Gasteiger partial charge in [-0.15, -0.1) is 0 Å². The summed E-state index contributed by atoms with van der Waals surface area (Å²) in [5, 5.41) is 3.11. The maximum absolute atomic E-state index is 13.0. The van der Waals surface area contributed by atoms with Crippen molar-refractivity contribution >= 4 is 5.97 Å². The molecule has 0 saturated carbocycles. The topological polar surface area (TPSA) is 38.3 Å². The SMILES string of the molecule is CCOC(=O)CCCNC(C)c1cc(F)cc(F)c1. The van der Waals surface area contributed by atoms with E-state index in [0.717, 1.165) is 6.07 Å². The summed E-state index contributed by atoms with van der Waals surface area (Å²) in [6.45, 7) is 4.54. The van der Waals surface area contributed by atoms with Gasteiger partial charge in [0, 0.05) is 18.5 Å². The Morgan fingerprint density at radius 3 is 2.53 bits per heavy atom. The summed E-state index contributed by atoms with van der Waals surface area (Å²) >= 11 is 0. The second-order valence-electron chi connectivity index (χ2n) is 4.29. The third-order valence-corrected chi connectivity index (χ3v) is 2.70. The molecule has 1 aromatic rings. The van der Waals surface area contributed by atoms with Gasteiger partial charge in [-0.2, -0.15) is 0 Å². The van der Waals surface area contributed by atoms with Gasteiger partial charge >= 0.3 is 5.97 Å². The van der Waals surface area contributed by atoms with Gasteiger partial charge in [-0.05, 0) is 44.5 Å². The summed E-state index contributed by atoms with van der Waals surface area (Å²) in [5.41, 5.74) is 0.550. The zero-order chi connectivity index (χ0) is 14.3. The number of ether oxygens (including phenoxy) is 1. The van der Waals surface area contributed by atoms with Crippen LogP contribution in [-0.2, 0) is 9.53 Å². The molecule has 1 atom stereocenters. The number of halogens is 2. The zero-order valence-corrected chi connectivity index (χ0v) is 11.2. The van der Waals surface area contributed by atoms with Crippen molar-refractivity contribution in [1.82, 2.24) is 5.32 Å². The molecule has 0 bridgehead atoms. The van der Waals surface area contributed by atoms with Gasteiger partial charge in [-0.3, -0.25) is 4.79 Å². The first-order valence-electron chi connectivity index (χ1n) is 6.38. The molecular weight excluding hydrogens is 252 g/mol. The van der Waals surface area contributed by atoms with E-state index in [9.17, 15) is 13.6 Å². The fourth-order valence-corrected chi connectivity index (χ4v) is 1.73. The Morgan fingerprint density at radius 1 is 1.32 bits per heavy atom. The van der Waals surface area contributed by atoms with Crippen LogP contribution < -0.4 is 5.32 Å². The molecule has 5 heteroatoms. The van der Waals surface area contributed by atoms with Crippen LogP contribution in [0.15, 0.2) is 18.2 Å². The Kier molecular flexibility index (Phi) is 6.42. The zero-order valence-electron chi connectivity index (χ0n) is 11.2. The lowest BCUT2D eigenvalue weighted by molar-refractivity contribution is -0.143. The number of rotatable bonds is 7. The molecule has 0 aliphatic rings. The van der Waals surface area contributed by atoms with Gasteiger partial charge in [0.25, 0.3) is 0 Å². The highest BCUT2D eigenvalue weighted by molar-refractivity contribution is 5.69. The number of esters is 1. The highest BCUT2D eigenvalue weighted by Gasteiger charge is 2.08. The predicted octanol–water partition coefficient (Wildman–Crippen LogP) is 2.96. The van der Waals surface area contributed by atoms with Crippen molar-refractivity contribution in [3.8, 4) is 0 Å². The number of hydrogen-bond acceptors (Lipinski definition) is 3. The average Bonchev–Trinajstić information content (AvgIpc) is 2.33. The lowest BCUT2D eigenvalue weighted by atomic mass is 10.1. The molecule has 0 amide bonds. The molecular formula is C14H19F2NO2. The fraction of sp³-hybridized carbons (Fsp3) is 0.500. The number of nitrogens with one attached hydrogen (secondary N) is 1. The van der Waals surface area contributed by atoms with Gasteiger partial charge in [-0.25, -0.2) is 8.78 Å². The molecule has 0 aliphatic carbocycles. The second-order valence-corrected chi connectivity index (χ2v) is 4.29. The highest BCUT2D eigenvalue weighted by Crippen LogP contribution is 2.15. The number of benzene rings is 1. The monoisotopic (exact) mass is 271 g/mol. The summed E-state index contributed by atoms with van der Waals surface area (Å²) in [6.07, 6.45) is 0.964. The molecule has 3 nitrogen and oxygen atoms in total. The first-order chi connectivity index (χ1) is 9.02. The number of carbonyl (C=O) groups excluding carboxylic acids is 1. The number of hydrogen-bond donors (Lipinski definition) is 1. The van der Waals surface area contributed by atoms with Gasteiger partial charge in [0.05, 0.1) is 6.61 Å². The largest absolute Gasteiger partial charge is 0.466 e. The van der Waals surface area contributed by atoms with Crippen LogP contribution in [0.3, 0.4) is 0 Å². The maximum Gasteiger partial charge on any atom is 0.305 e. The summed E-state index contributed by atoms with van der Waals surface area (Å²) in [4.78, 5) is 11.1. The molecule has 106 valence electrons. The lowest BCUT2D eigenvalue weighted by Crippen LogP contribution is -2.21. The summed E-state index contributed by atoms with van der Waals surface area (Å²) in [6, 6.07) is 3.27. The van der Waals surface area contributed by atoms with Gasteiger partial charge in [0.15, 0.2) is 0 Å². The minimum absolute atomic E-state index is 0.174. The van der Waals surface area contributed by atoms with Crippen LogP contribution in [0.25, 0.3) is 0 Å². The Bertz CT molecular complexity index is 404. The summed E-state index contributed by atoms with van der Waals surface area (Å²) in [7, 11) is 0. The molecule has 0 heterocycles. The summed E-state index contributed by atoms with van der Waals surface area (Å²) < 4.78 is 30.9. The van der Waals surface area contributed by atoms with Crippen LogP contribution in [0.4, 0.5) is 8.78 Å². The molecule has 0 aromatic heterocycles. The Hall–Kier alpha value is -1.49. The summed E-state index contributed by atoms with van der Waals surface area (Å²) in [5.74, 6) is -1.40. The van der Waals surface area contributed by atoms with Crippen molar-refractivity contribution in [2.45, 2.75) is 32.7 Å². The molecule has 1 N–H and O–H groups in total. The third-order valence-electron chi connectivity index (χ3n) is 2.70. The van der Waals surface area contributed by atoms with Crippen molar-refractivity contribution in [2.24, 2.45) is 0 Å². The van der Waals surface area contributed by atoms with Gasteiger partial charge < -0.3 is 10.1 Å². The van der Waals surface area contributed by atoms with Crippen LogP contribution in [0.5, 0.6) is 0 Å². The molecule has 0 radical (unpaired) electrons. The third kappa shape index (κ3) is 5.79. The van der Waals surface area contributed by atoms with E-state index in [2.05, 4.69) is 5.32 Å². The molecule has 0 aliphatic heterocycles. The van der Waals surface area contributed by atoms with E-state index in [0.29, 0.717) is 31.6 Å². The Labute approximate surface area is 112 Å². The predicted molar refractivity (Wildman–Crippen MR) is 68.6 cm³/mol. The number of carbonyl (C=O) groups is 1. The van der Waals surface area contributed by atoms with E-state index in [-0.39, 0.29) is 12.0 Å². The van der Waals surface area contributed by atoms with E-state index >= 15 is 0 Å². The van der Waals surface area contributed by atoms with Crippen LogP contribution >= 0.6 is 0 Å². The van der Waals surface area contributed by atoms with Crippen molar-refractivity contribution in [1.29, 1.82) is 0 Å². The molecule has 1 aromatic carbocycles. The van der Waals surface area contributed by atoms with Crippen molar-refractivity contribution < 1.29 is 18.3 Å². The molecule has 1 unspecified atom stereocenters. The van der Waals surface area contributed by atoms with E-state index in [1.807, 2.05) is 6.92 Å². The van der Waals surface area contributed by atoms with E-state index in [4.69, 9.17) is 4.74 Å². The van der Waals surface area contributed by atoms with Gasteiger partial charge in [0.2, 0.25) is 0 Å². The average molecular weight is 271 g/mol. The van der Waals surface area contributed by atoms with Crippen LogP contribution in [0, 0.1) is 11.6 Å². The normalized spacial score (nSPS) is 12.2. The van der Waals surface area contributed by atoms with Crippen LogP contribution in [0.2, 0.25) is 0 Å². The standard InChI is InChI=1S/C14H19F2NO2/c1-3-19-14(18)5-4-6-17-10(2)11-7-12(15)9-13(16)8-11/h7-10,17H,3-6H2,1-2H3. The molecule has 0 fully saturated rings. The minimum atomic E-state index is -0.588. The molecule has 0 spiro atoms. The Morgan fingerprint density at radius 2 is 1.95 bits per heavy atom. The van der Waals surface area contributed by atoms with E-state index in [1.54, 1.807) is 6.92 Å². The van der Waals surface area contributed by atoms with E-state index < -0.39 is 11.6 Å². The maximum atomic E-state index is 13.0. The van der Waals surface area contributed by atoms with Gasteiger partial charge in [0.1, 0.15) is 11.6 Å². The molecule has 1 rings (SSSR count). The quantitative estimate of drug-likeness (QED) is 0.612. The van der Waals surface area contributed by atoms with Gasteiger partial charge in [-0.1, -0.05) is 0 Å². The Balaban J connectivity index is 2.35. The van der Waals surface area contributed by atoms with Crippen molar-refractivity contribution in [3.05, 3.63) is 35.4 Å². The van der Waals surface area contributed by atoms with Crippen molar-refractivity contribution in [3.63, 3.8) is 0 Å². The first kappa shape index (κ1) is 15.6. The fourth-order valence-electron chi connectivity index (χ4n) is 1.73. The first-order valence-corrected chi connectivity index (χ1v) is 6.38. The van der Waals surface area contributed by atoms with Crippen LogP contribution in [-0.4, -0.2) is 19.1 Å². The second kappa shape index (κ2) is 7.84. The van der Waals surface area contributed by atoms with Crippen LogP contribution in [0.1, 0.15) is 38.3 Å². The van der Waals surface area contributed by atoms with Crippen molar-refractivity contribution in [2.75, 3.05) is 13.2 Å².